The smallest absolute Gasteiger partial charge is 0.237 e. The van der Waals surface area contributed by atoms with Gasteiger partial charge in [0.25, 0.3) is 0 Å². The van der Waals surface area contributed by atoms with Crippen molar-refractivity contribution in [1.29, 1.82) is 0 Å². The molecule has 2 fully saturated rings. The summed E-state index contributed by atoms with van der Waals surface area (Å²) >= 11 is 0. The van der Waals surface area contributed by atoms with Crippen LogP contribution in [0, 0.1) is 6.92 Å². The number of nitrogens with zero attached hydrogens (tertiary/aromatic N) is 3. The monoisotopic (exact) mass is 341 g/mol. The molecule has 0 unspecified atom stereocenters. The molecular weight excluding hydrogens is 318 g/mol. The fraction of sp³-hybridized carbons (Fsp3) is 0.733. The van der Waals surface area contributed by atoms with Crippen LogP contribution in [0.25, 0.3) is 0 Å². The maximum absolute atomic E-state index is 12.6. The SMILES string of the molecule is Cc1cc([C@@H]2CCCN2C(=O)CN(C)[C@@H]2CCS(=O)(=O)C2)on1. The lowest BCUT2D eigenvalue weighted by molar-refractivity contribution is -0.133. The fourth-order valence-electron chi connectivity index (χ4n) is 3.46. The molecule has 1 aromatic rings. The quantitative estimate of drug-likeness (QED) is 0.804. The van der Waals surface area contributed by atoms with Gasteiger partial charge in [-0.2, -0.15) is 0 Å². The van der Waals surface area contributed by atoms with E-state index < -0.39 is 9.84 Å². The van der Waals surface area contributed by atoms with Gasteiger partial charge in [0.2, 0.25) is 5.91 Å². The second-order valence-electron chi connectivity index (χ2n) is 6.59. The van der Waals surface area contributed by atoms with Crippen LogP contribution in [0.1, 0.15) is 36.8 Å². The fourth-order valence-corrected chi connectivity index (χ4v) is 5.26. The van der Waals surface area contributed by atoms with Crippen LogP contribution in [-0.4, -0.2) is 67.0 Å². The molecule has 3 rings (SSSR count). The lowest BCUT2D eigenvalue weighted by atomic mass is 10.1. The first-order valence-electron chi connectivity index (χ1n) is 7.99. The van der Waals surface area contributed by atoms with Crippen molar-refractivity contribution in [3.05, 3.63) is 17.5 Å². The Labute approximate surface area is 136 Å². The van der Waals surface area contributed by atoms with Crippen molar-refractivity contribution < 1.29 is 17.7 Å². The Hall–Kier alpha value is -1.41. The molecule has 0 spiro atoms. The van der Waals surface area contributed by atoms with E-state index in [0.717, 1.165) is 24.3 Å². The van der Waals surface area contributed by atoms with Gasteiger partial charge in [-0.15, -0.1) is 0 Å². The number of amides is 1. The predicted octanol–water partition coefficient (Wildman–Crippen LogP) is 0.765. The minimum Gasteiger partial charge on any atom is -0.359 e. The molecule has 3 heterocycles. The number of sulfone groups is 1. The van der Waals surface area contributed by atoms with E-state index in [4.69, 9.17) is 4.52 Å². The second kappa shape index (κ2) is 6.24. The first-order valence-corrected chi connectivity index (χ1v) is 9.81. The highest BCUT2D eigenvalue weighted by molar-refractivity contribution is 7.91. The van der Waals surface area contributed by atoms with Crippen LogP contribution < -0.4 is 0 Å². The molecule has 2 atom stereocenters. The second-order valence-corrected chi connectivity index (χ2v) is 8.82. The zero-order chi connectivity index (χ0) is 16.6. The Morgan fingerprint density at radius 3 is 2.87 bits per heavy atom. The van der Waals surface area contributed by atoms with Gasteiger partial charge >= 0.3 is 0 Å². The van der Waals surface area contributed by atoms with Crippen LogP contribution in [0.5, 0.6) is 0 Å². The number of carbonyl (C=O) groups is 1. The highest BCUT2D eigenvalue weighted by Crippen LogP contribution is 2.32. The van der Waals surface area contributed by atoms with Crippen molar-refractivity contribution in [3.63, 3.8) is 0 Å². The van der Waals surface area contributed by atoms with Crippen molar-refractivity contribution in [3.8, 4) is 0 Å². The molecule has 0 saturated carbocycles. The number of carbonyl (C=O) groups excluding carboxylic acids is 1. The van der Waals surface area contributed by atoms with Crippen LogP contribution in [-0.2, 0) is 14.6 Å². The summed E-state index contributed by atoms with van der Waals surface area (Å²) in [5, 5.41) is 3.90. The average molecular weight is 341 g/mol. The van der Waals surface area contributed by atoms with E-state index in [0.29, 0.717) is 13.0 Å². The van der Waals surface area contributed by atoms with Gasteiger partial charge in [0.15, 0.2) is 15.6 Å². The predicted molar refractivity (Wildman–Crippen MR) is 84.6 cm³/mol. The Bertz CT molecular complexity index is 685. The van der Waals surface area contributed by atoms with E-state index in [2.05, 4.69) is 5.16 Å². The maximum Gasteiger partial charge on any atom is 0.237 e. The summed E-state index contributed by atoms with van der Waals surface area (Å²) < 4.78 is 28.5. The molecule has 0 N–H and O–H groups in total. The summed E-state index contributed by atoms with van der Waals surface area (Å²) in [7, 11) is -1.11. The maximum atomic E-state index is 12.6. The van der Waals surface area contributed by atoms with Crippen molar-refractivity contribution in [1.82, 2.24) is 15.0 Å². The molecule has 0 aromatic carbocycles. The third kappa shape index (κ3) is 3.58. The summed E-state index contributed by atoms with van der Waals surface area (Å²) in [6.45, 7) is 2.81. The zero-order valence-electron chi connectivity index (χ0n) is 13.6. The van der Waals surface area contributed by atoms with Crippen LogP contribution in [0.2, 0.25) is 0 Å². The molecular formula is C15H23N3O4S. The van der Waals surface area contributed by atoms with Crippen molar-refractivity contribution >= 4 is 15.7 Å². The number of hydrogen-bond acceptors (Lipinski definition) is 6. The van der Waals surface area contributed by atoms with Gasteiger partial charge < -0.3 is 9.42 Å². The minimum atomic E-state index is -2.94. The molecule has 2 aliphatic heterocycles. The largest absolute Gasteiger partial charge is 0.359 e. The van der Waals surface area contributed by atoms with Crippen LogP contribution in [0.4, 0.5) is 0 Å². The van der Waals surface area contributed by atoms with Gasteiger partial charge in [-0.05, 0) is 33.2 Å². The Morgan fingerprint density at radius 2 is 2.26 bits per heavy atom. The van der Waals surface area contributed by atoms with E-state index >= 15 is 0 Å². The standard InChI is InChI=1S/C15H23N3O4S/c1-11-8-14(22-16-11)13-4-3-6-18(13)15(19)9-17(2)12-5-7-23(20,21)10-12/h8,12-13H,3-7,9-10H2,1-2H3/t12-,13+/m1/s1. The highest BCUT2D eigenvalue weighted by Gasteiger charge is 2.35. The topological polar surface area (TPSA) is 83.7 Å². The average Bonchev–Trinajstić information content (AvgIpc) is 3.17. The molecule has 0 bridgehead atoms. The van der Waals surface area contributed by atoms with Crippen molar-refractivity contribution in [2.75, 3.05) is 31.6 Å². The third-order valence-electron chi connectivity index (χ3n) is 4.76. The van der Waals surface area contributed by atoms with Gasteiger partial charge in [-0.3, -0.25) is 9.69 Å². The van der Waals surface area contributed by atoms with E-state index in [1.54, 1.807) is 0 Å². The first-order chi connectivity index (χ1) is 10.9. The van der Waals surface area contributed by atoms with Crippen molar-refractivity contribution in [2.24, 2.45) is 0 Å². The number of rotatable bonds is 4. The van der Waals surface area contributed by atoms with Gasteiger partial charge in [-0.25, -0.2) is 8.42 Å². The lowest BCUT2D eigenvalue weighted by Gasteiger charge is -2.28. The highest BCUT2D eigenvalue weighted by atomic mass is 32.2. The Kier molecular flexibility index (Phi) is 4.46. The summed E-state index contributed by atoms with van der Waals surface area (Å²) in [4.78, 5) is 16.3. The van der Waals surface area contributed by atoms with Crippen LogP contribution >= 0.6 is 0 Å². The first kappa shape index (κ1) is 16.4. The molecule has 2 aliphatic rings. The summed E-state index contributed by atoms with van der Waals surface area (Å²) in [5.74, 6) is 1.13. The van der Waals surface area contributed by atoms with E-state index in [1.165, 1.54) is 0 Å². The third-order valence-corrected chi connectivity index (χ3v) is 6.51. The Balaban J connectivity index is 1.63. The molecule has 23 heavy (non-hydrogen) atoms. The summed E-state index contributed by atoms with van der Waals surface area (Å²) in [6, 6.07) is 1.77. The Morgan fingerprint density at radius 1 is 1.48 bits per heavy atom. The van der Waals surface area contributed by atoms with E-state index in [-0.39, 0.29) is 36.0 Å². The molecule has 1 aromatic heterocycles. The summed E-state index contributed by atoms with van der Waals surface area (Å²) in [6.07, 6.45) is 2.43. The molecule has 0 aliphatic carbocycles. The van der Waals surface area contributed by atoms with Gasteiger partial charge in [0.1, 0.15) is 0 Å². The molecule has 8 heteroatoms. The zero-order valence-corrected chi connectivity index (χ0v) is 14.4. The van der Waals surface area contributed by atoms with Gasteiger partial charge in [0, 0.05) is 18.7 Å². The molecule has 0 radical (unpaired) electrons. The lowest BCUT2D eigenvalue weighted by Crippen LogP contribution is -2.43. The van der Waals surface area contributed by atoms with E-state index in [1.807, 2.05) is 29.8 Å². The minimum absolute atomic E-state index is 0.0216. The van der Waals surface area contributed by atoms with E-state index in [9.17, 15) is 13.2 Å². The number of likely N-dealkylation sites (tertiary alicyclic amines) is 1. The molecule has 1 amide bonds. The van der Waals surface area contributed by atoms with Crippen LogP contribution in [0.15, 0.2) is 10.6 Å². The number of aromatic nitrogens is 1. The molecule has 128 valence electrons. The van der Waals surface area contributed by atoms with Gasteiger partial charge in [0.05, 0.1) is 29.8 Å². The number of likely N-dealkylation sites (N-methyl/N-ethyl adjacent to an activating group) is 1. The number of hydrogen-bond donors (Lipinski definition) is 0. The van der Waals surface area contributed by atoms with Crippen molar-refractivity contribution in [2.45, 2.75) is 38.3 Å². The normalized spacial score (nSPS) is 27.0. The van der Waals surface area contributed by atoms with Crippen LogP contribution in [0.3, 0.4) is 0 Å². The molecule has 2 saturated heterocycles. The number of aryl methyl sites for hydroxylation is 1. The summed E-state index contributed by atoms with van der Waals surface area (Å²) in [5.41, 5.74) is 0.813. The van der Waals surface area contributed by atoms with Gasteiger partial charge in [-0.1, -0.05) is 5.16 Å². The molecule has 7 nitrogen and oxygen atoms in total.